The summed E-state index contributed by atoms with van der Waals surface area (Å²) in [5, 5.41) is 1.67. The minimum Gasteiger partial charge on any atom is -0.459 e. The molecular weight excluding hydrogens is 462 g/mol. The Hall–Kier alpha value is -4.10. The van der Waals surface area contributed by atoms with Crippen molar-refractivity contribution in [2.75, 3.05) is 31.1 Å². The third-order valence-electron chi connectivity index (χ3n) is 6.35. The topological polar surface area (TPSA) is 67.4 Å². The average molecular weight is 484 g/mol. The van der Waals surface area contributed by atoms with Crippen molar-refractivity contribution in [3.63, 3.8) is 0 Å². The highest BCUT2D eigenvalue weighted by molar-refractivity contribution is 6.30. The number of nitrogens with zero attached hydrogens (tertiary/aromatic N) is 5. The smallest absolute Gasteiger partial charge is 0.289 e. The number of furan rings is 1. The minimum atomic E-state index is -0.0821. The van der Waals surface area contributed by atoms with Gasteiger partial charge in [0.1, 0.15) is 12.1 Å². The maximum atomic E-state index is 12.7. The third-order valence-corrected chi connectivity index (χ3v) is 6.60. The monoisotopic (exact) mass is 483 g/mol. The Labute approximate surface area is 207 Å². The number of halogens is 1. The first-order chi connectivity index (χ1) is 17.2. The van der Waals surface area contributed by atoms with E-state index in [0.717, 1.165) is 33.7 Å². The number of rotatable bonds is 4. The summed E-state index contributed by atoms with van der Waals surface area (Å²) in [6.07, 6.45) is 5.24. The highest BCUT2D eigenvalue weighted by atomic mass is 35.5. The Kier molecular flexibility index (Phi) is 5.47. The van der Waals surface area contributed by atoms with Gasteiger partial charge in [-0.15, -0.1) is 0 Å². The lowest BCUT2D eigenvalue weighted by Gasteiger charge is -2.35. The first-order valence-electron chi connectivity index (χ1n) is 11.4. The number of hydrogen-bond donors (Lipinski definition) is 0. The van der Waals surface area contributed by atoms with Gasteiger partial charge in [-0.3, -0.25) is 4.79 Å². The van der Waals surface area contributed by atoms with Gasteiger partial charge in [-0.25, -0.2) is 9.97 Å². The van der Waals surface area contributed by atoms with Crippen LogP contribution in [0.1, 0.15) is 10.6 Å². The number of piperazine rings is 1. The van der Waals surface area contributed by atoms with Gasteiger partial charge in [0.15, 0.2) is 11.4 Å². The predicted molar refractivity (Wildman–Crippen MR) is 136 cm³/mol. The lowest BCUT2D eigenvalue weighted by Crippen LogP contribution is -2.49. The van der Waals surface area contributed by atoms with Gasteiger partial charge in [0.05, 0.1) is 11.6 Å². The van der Waals surface area contributed by atoms with Crippen LogP contribution in [0, 0.1) is 0 Å². The van der Waals surface area contributed by atoms with Crippen LogP contribution in [0.3, 0.4) is 0 Å². The fourth-order valence-corrected chi connectivity index (χ4v) is 4.72. The summed E-state index contributed by atoms with van der Waals surface area (Å²) in [6, 6.07) is 21.4. The molecule has 0 spiro atoms. The average Bonchev–Trinajstić information content (AvgIpc) is 3.58. The van der Waals surface area contributed by atoms with Gasteiger partial charge in [-0.1, -0.05) is 41.9 Å². The largest absolute Gasteiger partial charge is 0.459 e. The molecule has 4 heterocycles. The van der Waals surface area contributed by atoms with Crippen LogP contribution in [0.5, 0.6) is 0 Å². The molecule has 1 amide bonds. The predicted octanol–water partition coefficient (Wildman–Crippen LogP) is 5.30. The molecule has 3 aromatic heterocycles. The molecule has 0 N–H and O–H groups in total. The van der Waals surface area contributed by atoms with Gasteiger partial charge >= 0.3 is 0 Å². The summed E-state index contributed by atoms with van der Waals surface area (Å²) >= 11 is 6.14. The number of aromatic nitrogens is 3. The molecule has 0 aliphatic carbocycles. The highest BCUT2D eigenvalue weighted by Gasteiger charge is 2.27. The van der Waals surface area contributed by atoms with Gasteiger partial charge in [-0.05, 0) is 42.0 Å². The first-order valence-corrected chi connectivity index (χ1v) is 11.8. The lowest BCUT2D eigenvalue weighted by atomic mass is 10.1. The van der Waals surface area contributed by atoms with Crippen LogP contribution in [0.25, 0.3) is 27.8 Å². The van der Waals surface area contributed by atoms with Crippen LogP contribution in [0.2, 0.25) is 5.02 Å². The molecule has 1 aliphatic rings. The normalized spacial score (nSPS) is 14.0. The molecule has 0 radical (unpaired) electrons. The van der Waals surface area contributed by atoms with Crippen molar-refractivity contribution in [2.45, 2.75) is 0 Å². The van der Waals surface area contributed by atoms with Crippen molar-refractivity contribution in [3.05, 3.63) is 96.3 Å². The molecule has 1 saturated heterocycles. The number of fused-ring (bicyclic) bond motifs is 1. The molecule has 0 atom stereocenters. The number of amides is 1. The molecule has 0 unspecified atom stereocenters. The zero-order valence-corrected chi connectivity index (χ0v) is 19.6. The minimum absolute atomic E-state index is 0.0821. The van der Waals surface area contributed by atoms with Crippen molar-refractivity contribution in [1.82, 2.24) is 19.4 Å². The van der Waals surface area contributed by atoms with E-state index >= 15 is 0 Å². The van der Waals surface area contributed by atoms with E-state index in [-0.39, 0.29) is 5.91 Å². The van der Waals surface area contributed by atoms with Crippen LogP contribution in [0.15, 0.2) is 89.9 Å². The van der Waals surface area contributed by atoms with Crippen LogP contribution in [-0.2, 0) is 0 Å². The second-order valence-electron chi connectivity index (χ2n) is 8.41. The number of carbonyl (C=O) groups excluding carboxylic acids is 1. The quantitative estimate of drug-likeness (QED) is 0.347. The molecule has 1 aliphatic heterocycles. The molecule has 2 aromatic carbocycles. The van der Waals surface area contributed by atoms with E-state index < -0.39 is 0 Å². The zero-order chi connectivity index (χ0) is 23.8. The number of carbonyl (C=O) groups is 1. The fraction of sp³-hybridized carbons (Fsp3) is 0.148. The van der Waals surface area contributed by atoms with Crippen LogP contribution in [-0.4, -0.2) is 51.5 Å². The number of hydrogen-bond acceptors (Lipinski definition) is 5. The molecule has 35 heavy (non-hydrogen) atoms. The molecule has 1 fully saturated rings. The third kappa shape index (κ3) is 3.94. The summed E-state index contributed by atoms with van der Waals surface area (Å²) in [5.41, 5.74) is 3.94. The fourth-order valence-electron chi connectivity index (χ4n) is 4.60. The summed E-state index contributed by atoms with van der Waals surface area (Å²) in [4.78, 5) is 26.2. The van der Waals surface area contributed by atoms with Gasteiger partial charge in [0.2, 0.25) is 0 Å². The van der Waals surface area contributed by atoms with E-state index in [0.29, 0.717) is 37.0 Å². The van der Waals surface area contributed by atoms with Gasteiger partial charge in [0, 0.05) is 48.6 Å². The molecular formula is C27H22ClN5O2. The van der Waals surface area contributed by atoms with E-state index in [1.165, 1.54) is 6.26 Å². The molecule has 6 rings (SSSR count). The van der Waals surface area contributed by atoms with E-state index in [1.54, 1.807) is 18.5 Å². The Balaban J connectivity index is 1.40. The molecule has 174 valence electrons. The number of anilines is 1. The standard InChI is InChI=1S/C27H22ClN5O2/c28-20-8-10-21(11-9-20)33-17-22(19-5-2-1-3-6-19)24-25(29-18-30-26(24)33)31-12-14-32(15-13-31)27(34)23-7-4-16-35-23/h1-11,16-18H,12-15H2. The number of benzene rings is 2. The molecule has 7 nitrogen and oxygen atoms in total. The van der Waals surface area contributed by atoms with E-state index in [4.69, 9.17) is 21.0 Å². The second kappa shape index (κ2) is 8.92. The maximum Gasteiger partial charge on any atom is 0.289 e. The molecule has 8 heteroatoms. The van der Waals surface area contributed by atoms with Crippen LogP contribution in [0.4, 0.5) is 5.82 Å². The Morgan fingerprint density at radius 1 is 0.886 bits per heavy atom. The van der Waals surface area contributed by atoms with Gasteiger partial charge in [0.25, 0.3) is 5.91 Å². The van der Waals surface area contributed by atoms with E-state index in [9.17, 15) is 4.79 Å². The van der Waals surface area contributed by atoms with E-state index in [2.05, 4.69) is 32.8 Å². The summed E-state index contributed by atoms with van der Waals surface area (Å²) in [6.45, 7) is 2.50. The van der Waals surface area contributed by atoms with Crippen molar-refractivity contribution in [1.29, 1.82) is 0 Å². The van der Waals surface area contributed by atoms with Crippen molar-refractivity contribution >= 4 is 34.4 Å². The Morgan fingerprint density at radius 2 is 1.66 bits per heavy atom. The maximum absolute atomic E-state index is 12.7. The van der Waals surface area contributed by atoms with Crippen molar-refractivity contribution < 1.29 is 9.21 Å². The van der Waals surface area contributed by atoms with E-state index in [1.807, 2.05) is 47.4 Å². The van der Waals surface area contributed by atoms with Crippen molar-refractivity contribution in [3.8, 4) is 16.8 Å². The summed E-state index contributed by atoms with van der Waals surface area (Å²) < 4.78 is 7.38. The Bertz CT molecular complexity index is 1470. The summed E-state index contributed by atoms with van der Waals surface area (Å²) in [5.74, 6) is 1.15. The second-order valence-corrected chi connectivity index (χ2v) is 8.84. The van der Waals surface area contributed by atoms with Crippen LogP contribution < -0.4 is 4.90 Å². The van der Waals surface area contributed by atoms with Gasteiger partial charge < -0.3 is 18.8 Å². The Morgan fingerprint density at radius 3 is 2.37 bits per heavy atom. The molecule has 0 saturated carbocycles. The molecule has 0 bridgehead atoms. The highest BCUT2D eigenvalue weighted by Crippen LogP contribution is 2.37. The lowest BCUT2D eigenvalue weighted by molar-refractivity contribution is 0.0714. The SMILES string of the molecule is O=C(c1ccco1)N1CCN(c2ncnc3c2c(-c2ccccc2)cn3-c2ccc(Cl)cc2)CC1. The van der Waals surface area contributed by atoms with Crippen LogP contribution >= 0.6 is 11.6 Å². The first kappa shape index (κ1) is 21.4. The van der Waals surface area contributed by atoms with Crippen molar-refractivity contribution in [2.24, 2.45) is 0 Å². The summed E-state index contributed by atoms with van der Waals surface area (Å²) in [7, 11) is 0. The zero-order valence-electron chi connectivity index (χ0n) is 18.8. The molecule has 5 aromatic rings. The van der Waals surface area contributed by atoms with Gasteiger partial charge in [-0.2, -0.15) is 0 Å².